The minimum Gasteiger partial charge on any atom is -0.335 e. The largest absolute Gasteiger partial charge is 0.335 e. The van der Waals surface area contributed by atoms with Crippen LogP contribution in [-0.4, -0.2) is 17.1 Å². The lowest BCUT2D eigenvalue weighted by atomic mass is 9.96. The van der Waals surface area contributed by atoms with Gasteiger partial charge in [0.1, 0.15) is 5.82 Å². The van der Waals surface area contributed by atoms with Crippen LogP contribution in [0.1, 0.15) is 37.8 Å². The number of amides is 2. The molecule has 1 aliphatic rings. The fourth-order valence-electron chi connectivity index (χ4n) is 2.20. The Morgan fingerprint density at radius 2 is 2.06 bits per heavy atom. The van der Waals surface area contributed by atoms with E-state index in [2.05, 4.69) is 31.5 Å². The van der Waals surface area contributed by atoms with Gasteiger partial charge in [0.05, 0.1) is 5.69 Å². The number of rotatable bonds is 2. The minimum atomic E-state index is -0.156. The van der Waals surface area contributed by atoms with Crippen molar-refractivity contribution in [3.05, 3.63) is 22.3 Å². The van der Waals surface area contributed by atoms with Crippen molar-refractivity contribution < 1.29 is 4.79 Å². The number of hydrogen-bond donors (Lipinski definition) is 2. The molecule has 98 valence electrons. The maximum atomic E-state index is 11.8. The van der Waals surface area contributed by atoms with E-state index in [0.29, 0.717) is 11.9 Å². The van der Waals surface area contributed by atoms with Gasteiger partial charge in [-0.25, -0.2) is 9.78 Å². The second-order valence-electron chi connectivity index (χ2n) is 4.70. The molecule has 5 heteroatoms. The van der Waals surface area contributed by atoms with Crippen LogP contribution in [0.2, 0.25) is 0 Å². The van der Waals surface area contributed by atoms with Crippen molar-refractivity contribution in [1.82, 2.24) is 10.3 Å². The molecular formula is C13H18BrN3O. The number of pyridine rings is 1. The third kappa shape index (κ3) is 3.70. The fourth-order valence-corrected chi connectivity index (χ4v) is 2.42. The summed E-state index contributed by atoms with van der Waals surface area (Å²) in [6.45, 7) is 1.90. The van der Waals surface area contributed by atoms with Gasteiger partial charge in [-0.3, -0.25) is 5.32 Å². The first-order valence-electron chi connectivity index (χ1n) is 6.36. The molecule has 1 aliphatic carbocycles. The third-order valence-electron chi connectivity index (χ3n) is 3.20. The smallest absolute Gasteiger partial charge is 0.320 e. The Hall–Kier alpha value is -1.10. The SMILES string of the molecule is Cc1nc(NC(=O)NC2CCCCC2)ccc1Br. The van der Waals surface area contributed by atoms with Crippen molar-refractivity contribution in [2.24, 2.45) is 0 Å². The first-order valence-corrected chi connectivity index (χ1v) is 7.15. The van der Waals surface area contributed by atoms with E-state index in [-0.39, 0.29) is 6.03 Å². The normalized spacial score (nSPS) is 16.3. The lowest BCUT2D eigenvalue weighted by Crippen LogP contribution is -2.39. The van der Waals surface area contributed by atoms with Crippen molar-refractivity contribution in [3.8, 4) is 0 Å². The number of aromatic nitrogens is 1. The summed E-state index contributed by atoms with van der Waals surface area (Å²) in [5.74, 6) is 0.587. The van der Waals surface area contributed by atoms with Gasteiger partial charge < -0.3 is 5.32 Å². The number of nitrogens with zero attached hydrogens (tertiary/aromatic N) is 1. The molecule has 18 heavy (non-hydrogen) atoms. The third-order valence-corrected chi connectivity index (χ3v) is 4.04. The van der Waals surface area contributed by atoms with Gasteiger partial charge in [-0.1, -0.05) is 19.3 Å². The lowest BCUT2D eigenvalue weighted by Gasteiger charge is -2.22. The lowest BCUT2D eigenvalue weighted by molar-refractivity contribution is 0.244. The molecule has 0 atom stereocenters. The quantitative estimate of drug-likeness (QED) is 0.876. The molecule has 0 saturated heterocycles. The number of halogens is 1. The summed E-state index contributed by atoms with van der Waals surface area (Å²) >= 11 is 3.38. The van der Waals surface area contributed by atoms with Crippen LogP contribution in [0, 0.1) is 6.92 Å². The van der Waals surface area contributed by atoms with Gasteiger partial charge in [0.25, 0.3) is 0 Å². The highest BCUT2D eigenvalue weighted by atomic mass is 79.9. The van der Waals surface area contributed by atoms with Gasteiger partial charge in [0.2, 0.25) is 0 Å². The predicted molar refractivity (Wildman–Crippen MR) is 75.7 cm³/mol. The van der Waals surface area contributed by atoms with Crippen molar-refractivity contribution in [3.63, 3.8) is 0 Å². The minimum absolute atomic E-state index is 0.156. The molecule has 0 unspecified atom stereocenters. The van der Waals surface area contributed by atoms with Gasteiger partial charge in [-0.2, -0.15) is 0 Å². The zero-order chi connectivity index (χ0) is 13.0. The van der Waals surface area contributed by atoms with Crippen LogP contribution in [0.4, 0.5) is 10.6 Å². The van der Waals surface area contributed by atoms with Crippen molar-refractivity contribution in [2.45, 2.75) is 45.1 Å². The monoisotopic (exact) mass is 311 g/mol. The second kappa shape index (κ2) is 6.18. The Kier molecular flexibility index (Phi) is 4.58. The molecule has 1 fully saturated rings. The van der Waals surface area contributed by atoms with E-state index in [4.69, 9.17) is 0 Å². The first-order chi connectivity index (χ1) is 8.65. The average molecular weight is 312 g/mol. The van der Waals surface area contributed by atoms with Crippen LogP contribution in [0.25, 0.3) is 0 Å². The maximum Gasteiger partial charge on any atom is 0.320 e. The average Bonchev–Trinajstić information content (AvgIpc) is 2.35. The highest BCUT2D eigenvalue weighted by Crippen LogP contribution is 2.18. The molecule has 0 radical (unpaired) electrons. The van der Waals surface area contributed by atoms with E-state index in [1.54, 1.807) is 6.07 Å². The first kappa shape index (κ1) is 13.3. The molecule has 2 N–H and O–H groups in total. The van der Waals surface area contributed by atoms with Gasteiger partial charge in [0, 0.05) is 10.5 Å². The summed E-state index contributed by atoms with van der Waals surface area (Å²) in [5, 5.41) is 5.77. The maximum absolute atomic E-state index is 11.8. The van der Waals surface area contributed by atoms with E-state index < -0.39 is 0 Å². The van der Waals surface area contributed by atoms with Gasteiger partial charge >= 0.3 is 6.03 Å². The molecule has 1 aromatic heterocycles. The molecule has 1 aromatic rings. The number of nitrogens with one attached hydrogen (secondary N) is 2. The Morgan fingerprint density at radius 3 is 2.72 bits per heavy atom. The molecular weight excluding hydrogens is 294 g/mol. The fraction of sp³-hybridized carbons (Fsp3) is 0.538. The van der Waals surface area contributed by atoms with Crippen LogP contribution in [0.5, 0.6) is 0 Å². The Balaban J connectivity index is 1.88. The summed E-state index contributed by atoms with van der Waals surface area (Å²) in [7, 11) is 0. The number of carbonyl (C=O) groups is 1. The molecule has 1 saturated carbocycles. The number of urea groups is 1. The topological polar surface area (TPSA) is 54.0 Å². The Bertz CT molecular complexity index is 430. The van der Waals surface area contributed by atoms with E-state index in [9.17, 15) is 4.79 Å². The summed E-state index contributed by atoms with van der Waals surface area (Å²) in [4.78, 5) is 16.1. The number of carbonyl (C=O) groups excluding carboxylic acids is 1. The molecule has 0 aliphatic heterocycles. The Morgan fingerprint density at radius 1 is 1.33 bits per heavy atom. The van der Waals surface area contributed by atoms with Crippen LogP contribution < -0.4 is 10.6 Å². The van der Waals surface area contributed by atoms with Crippen LogP contribution in [0.3, 0.4) is 0 Å². The van der Waals surface area contributed by atoms with Crippen LogP contribution in [0.15, 0.2) is 16.6 Å². The van der Waals surface area contributed by atoms with Crippen LogP contribution >= 0.6 is 15.9 Å². The zero-order valence-electron chi connectivity index (χ0n) is 10.5. The van der Waals surface area contributed by atoms with E-state index in [0.717, 1.165) is 23.0 Å². The van der Waals surface area contributed by atoms with Crippen molar-refractivity contribution in [1.29, 1.82) is 0 Å². The summed E-state index contributed by atoms with van der Waals surface area (Å²) in [6, 6.07) is 3.84. The molecule has 2 rings (SSSR count). The standard InChI is InChI=1S/C13H18BrN3O/c1-9-11(14)7-8-12(15-9)17-13(18)16-10-5-3-2-4-6-10/h7-8,10H,2-6H2,1H3,(H2,15,16,17,18). The molecule has 0 bridgehead atoms. The highest BCUT2D eigenvalue weighted by Gasteiger charge is 2.15. The van der Waals surface area contributed by atoms with Crippen molar-refractivity contribution >= 4 is 27.8 Å². The predicted octanol–water partition coefficient (Wildman–Crippen LogP) is 3.61. The van der Waals surface area contributed by atoms with Gasteiger partial charge in [0.15, 0.2) is 0 Å². The van der Waals surface area contributed by atoms with E-state index >= 15 is 0 Å². The van der Waals surface area contributed by atoms with E-state index in [1.165, 1.54) is 19.3 Å². The van der Waals surface area contributed by atoms with Gasteiger partial charge in [-0.05, 0) is 47.8 Å². The molecule has 2 amide bonds. The van der Waals surface area contributed by atoms with Crippen molar-refractivity contribution in [2.75, 3.05) is 5.32 Å². The molecule has 0 aromatic carbocycles. The van der Waals surface area contributed by atoms with Crippen LogP contribution in [-0.2, 0) is 0 Å². The summed E-state index contributed by atoms with van der Waals surface area (Å²) < 4.78 is 0.945. The summed E-state index contributed by atoms with van der Waals surface area (Å²) in [6.07, 6.45) is 5.87. The molecule has 4 nitrogen and oxygen atoms in total. The second-order valence-corrected chi connectivity index (χ2v) is 5.55. The summed E-state index contributed by atoms with van der Waals surface area (Å²) in [5.41, 5.74) is 0.866. The molecule has 0 spiro atoms. The highest BCUT2D eigenvalue weighted by molar-refractivity contribution is 9.10. The van der Waals surface area contributed by atoms with E-state index in [1.807, 2.05) is 13.0 Å². The number of aryl methyl sites for hydroxylation is 1. The number of hydrogen-bond acceptors (Lipinski definition) is 2. The zero-order valence-corrected chi connectivity index (χ0v) is 12.1. The van der Waals surface area contributed by atoms with Gasteiger partial charge in [-0.15, -0.1) is 0 Å². The molecule has 1 heterocycles. The number of anilines is 1. The Labute approximate surface area is 116 Å².